The van der Waals surface area contributed by atoms with E-state index < -0.39 is 0 Å². The van der Waals surface area contributed by atoms with Crippen LogP contribution in [-0.4, -0.2) is 25.8 Å². The summed E-state index contributed by atoms with van der Waals surface area (Å²) >= 11 is 0. The van der Waals surface area contributed by atoms with E-state index in [1.54, 1.807) is 0 Å². The van der Waals surface area contributed by atoms with Gasteiger partial charge >= 0.3 is 0 Å². The highest BCUT2D eigenvalue weighted by Gasteiger charge is 2.06. The summed E-state index contributed by atoms with van der Waals surface area (Å²) in [6.45, 7) is 11.1. The van der Waals surface area contributed by atoms with E-state index in [9.17, 15) is 0 Å². The molecule has 0 aliphatic heterocycles. The Balaban J connectivity index is 3.48. The lowest BCUT2D eigenvalue weighted by atomic mass is 10.2. The minimum atomic E-state index is 0.395. The van der Waals surface area contributed by atoms with Gasteiger partial charge in [0, 0.05) is 13.2 Å². The molecule has 0 aliphatic carbocycles. The van der Waals surface area contributed by atoms with Gasteiger partial charge in [-0.15, -0.1) is 6.58 Å². The number of hydrogen-bond donors (Lipinski definition) is 1. The molecule has 1 unspecified atom stereocenters. The van der Waals surface area contributed by atoms with Gasteiger partial charge < -0.3 is 10.1 Å². The van der Waals surface area contributed by atoms with Crippen molar-refractivity contribution in [2.45, 2.75) is 52.1 Å². The number of hydrogen-bond acceptors (Lipinski definition) is 2. The lowest BCUT2D eigenvalue weighted by Crippen LogP contribution is -2.30. The van der Waals surface area contributed by atoms with Crippen LogP contribution in [0, 0.1) is 0 Å². The Morgan fingerprint density at radius 3 is 2.73 bits per heavy atom. The van der Waals surface area contributed by atoms with Gasteiger partial charge in [0.05, 0.1) is 6.10 Å². The van der Waals surface area contributed by atoms with Crippen molar-refractivity contribution in [3.05, 3.63) is 12.7 Å². The first-order valence-electron chi connectivity index (χ1n) is 6.28. The Labute approximate surface area is 95.1 Å². The van der Waals surface area contributed by atoms with Crippen molar-refractivity contribution in [1.82, 2.24) is 5.32 Å². The molecule has 0 rings (SSSR count). The molecular weight excluding hydrogens is 186 g/mol. The monoisotopic (exact) mass is 213 g/mol. The molecule has 15 heavy (non-hydrogen) atoms. The summed E-state index contributed by atoms with van der Waals surface area (Å²) in [4.78, 5) is 0. The van der Waals surface area contributed by atoms with Crippen LogP contribution in [-0.2, 0) is 4.74 Å². The molecule has 0 saturated heterocycles. The van der Waals surface area contributed by atoms with E-state index in [2.05, 4.69) is 25.7 Å². The molecule has 0 fully saturated rings. The first-order chi connectivity index (χ1) is 7.35. The quantitative estimate of drug-likeness (QED) is 0.420. The van der Waals surface area contributed by atoms with Crippen molar-refractivity contribution in [3.63, 3.8) is 0 Å². The van der Waals surface area contributed by atoms with Crippen molar-refractivity contribution < 1.29 is 4.74 Å². The molecule has 90 valence electrons. The zero-order valence-electron chi connectivity index (χ0n) is 10.4. The number of unbranched alkanes of at least 4 members (excludes halogenated alkanes) is 1. The van der Waals surface area contributed by atoms with Crippen LogP contribution in [0.25, 0.3) is 0 Å². The van der Waals surface area contributed by atoms with Gasteiger partial charge in [0.1, 0.15) is 0 Å². The molecule has 1 N–H and O–H groups in total. The highest BCUT2D eigenvalue weighted by atomic mass is 16.5. The van der Waals surface area contributed by atoms with E-state index >= 15 is 0 Å². The molecule has 0 aromatic rings. The predicted octanol–water partition coefficient (Wildman–Crippen LogP) is 3.14. The number of nitrogens with one attached hydrogen (secondary N) is 1. The van der Waals surface area contributed by atoms with Gasteiger partial charge in [-0.3, -0.25) is 0 Å². The molecule has 2 heteroatoms. The van der Waals surface area contributed by atoms with Crippen LogP contribution in [0.5, 0.6) is 0 Å². The van der Waals surface area contributed by atoms with Crippen LogP contribution in [0.1, 0.15) is 46.0 Å². The second-order valence-corrected chi connectivity index (χ2v) is 3.92. The van der Waals surface area contributed by atoms with Gasteiger partial charge in [-0.2, -0.15) is 0 Å². The zero-order chi connectivity index (χ0) is 11.4. The summed E-state index contributed by atoms with van der Waals surface area (Å²) in [5.41, 5.74) is 0. The molecule has 0 bridgehead atoms. The lowest BCUT2D eigenvalue weighted by molar-refractivity contribution is 0.0461. The van der Waals surface area contributed by atoms with E-state index in [1.165, 1.54) is 12.8 Å². The Kier molecular flexibility index (Phi) is 11.5. The molecule has 0 spiro atoms. The zero-order valence-corrected chi connectivity index (χ0v) is 10.4. The largest absolute Gasteiger partial charge is 0.377 e. The summed E-state index contributed by atoms with van der Waals surface area (Å²) in [5, 5.41) is 3.42. The SMILES string of the molecule is C=CCCCOC(CCC)CNCCC. The molecule has 1 atom stereocenters. The van der Waals surface area contributed by atoms with Gasteiger partial charge in [0.15, 0.2) is 0 Å². The maximum atomic E-state index is 5.82. The Morgan fingerprint density at radius 1 is 1.33 bits per heavy atom. The highest BCUT2D eigenvalue weighted by molar-refractivity contribution is 4.66. The standard InChI is InChI=1S/C13H27NO/c1-4-7-8-11-15-13(9-5-2)12-14-10-6-3/h4,13-14H,1,5-12H2,2-3H3. The van der Waals surface area contributed by atoms with Crippen molar-refractivity contribution >= 4 is 0 Å². The van der Waals surface area contributed by atoms with Crippen LogP contribution in [0.15, 0.2) is 12.7 Å². The maximum absolute atomic E-state index is 5.82. The number of rotatable bonds is 11. The summed E-state index contributed by atoms with van der Waals surface area (Å²) in [6.07, 6.45) is 8.04. The number of ether oxygens (including phenoxy) is 1. The Hall–Kier alpha value is -0.340. The third-order valence-corrected chi connectivity index (χ3v) is 2.32. The fourth-order valence-corrected chi connectivity index (χ4v) is 1.48. The third kappa shape index (κ3) is 9.95. The Bertz CT molecular complexity index is 136. The average Bonchev–Trinajstić information content (AvgIpc) is 2.24. The summed E-state index contributed by atoms with van der Waals surface area (Å²) in [5.74, 6) is 0. The third-order valence-electron chi connectivity index (χ3n) is 2.32. The molecule has 0 amide bonds. The van der Waals surface area contributed by atoms with Gasteiger partial charge in [0.2, 0.25) is 0 Å². The fraction of sp³-hybridized carbons (Fsp3) is 0.846. The minimum absolute atomic E-state index is 0.395. The minimum Gasteiger partial charge on any atom is -0.377 e. The molecule has 0 aromatic heterocycles. The van der Waals surface area contributed by atoms with Gasteiger partial charge in [-0.05, 0) is 32.2 Å². The first-order valence-corrected chi connectivity index (χ1v) is 6.28. The highest BCUT2D eigenvalue weighted by Crippen LogP contribution is 2.03. The predicted molar refractivity (Wildman–Crippen MR) is 67.2 cm³/mol. The molecular formula is C13H27NO. The Morgan fingerprint density at radius 2 is 2.13 bits per heavy atom. The fourth-order valence-electron chi connectivity index (χ4n) is 1.48. The smallest absolute Gasteiger partial charge is 0.0699 e. The van der Waals surface area contributed by atoms with E-state index in [0.29, 0.717) is 6.10 Å². The van der Waals surface area contributed by atoms with E-state index in [1.807, 2.05) is 6.08 Å². The van der Waals surface area contributed by atoms with Crippen LogP contribution >= 0.6 is 0 Å². The lowest BCUT2D eigenvalue weighted by Gasteiger charge is -2.17. The van der Waals surface area contributed by atoms with Crippen molar-refractivity contribution in [3.8, 4) is 0 Å². The molecule has 0 heterocycles. The van der Waals surface area contributed by atoms with Crippen LogP contribution in [0.4, 0.5) is 0 Å². The van der Waals surface area contributed by atoms with E-state index in [-0.39, 0.29) is 0 Å². The van der Waals surface area contributed by atoms with E-state index in [4.69, 9.17) is 4.74 Å². The second kappa shape index (κ2) is 11.7. The summed E-state index contributed by atoms with van der Waals surface area (Å²) in [6, 6.07) is 0. The molecule has 0 radical (unpaired) electrons. The number of allylic oxidation sites excluding steroid dienone is 1. The van der Waals surface area contributed by atoms with Crippen molar-refractivity contribution in [2.75, 3.05) is 19.7 Å². The van der Waals surface area contributed by atoms with Crippen molar-refractivity contribution in [1.29, 1.82) is 0 Å². The summed E-state index contributed by atoms with van der Waals surface area (Å²) in [7, 11) is 0. The van der Waals surface area contributed by atoms with Gasteiger partial charge in [0.25, 0.3) is 0 Å². The van der Waals surface area contributed by atoms with Gasteiger partial charge in [-0.25, -0.2) is 0 Å². The molecule has 0 aliphatic rings. The van der Waals surface area contributed by atoms with Crippen LogP contribution < -0.4 is 5.32 Å². The molecule has 0 aromatic carbocycles. The average molecular weight is 213 g/mol. The molecule has 0 saturated carbocycles. The summed E-state index contributed by atoms with van der Waals surface area (Å²) < 4.78 is 5.82. The topological polar surface area (TPSA) is 21.3 Å². The second-order valence-electron chi connectivity index (χ2n) is 3.92. The van der Waals surface area contributed by atoms with Crippen molar-refractivity contribution in [2.24, 2.45) is 0 Å². The maximum Gasteiger partial charge on any atom is 0.0699 e. The van der Waals surface area contributed by atoms with Crippen LogP contribution in [0.3, 0.4) is 0 Å². The normalized spacial score (nSPS) is 12.7. The van der Waals surface area contributed by atoms with Gasteiger partial charge in [-0.1, -0.05) is 26.3 Å². The molecule has 2 nitrogen and oxygen atoms in total. The first kappa shape index (κ1) is 14.7. The van der Waals surface area contributed by atoms with E-state index in [0.717, 1.165) is 39.0 Å². The van der Waals surface area contributed by atoms with Crippen LogP contribution in [0.2, 0.25) is 0 Å².